The van der Waals surface area contributed by atoms with Gasteiger partial charge in [0, 0.05) is 45.5 Å². The van der Waals surface area contributed by atoms with Crippen molar-refractivity contribution in [1.29, 1.82) is 0 Å². The van der Waals surface area contributed by atoms with E-state index in [1.54, 1.807) is 4.68 Å². The summed E-state index contributed by atoms with van der Waals surface area (Å²) in [7, 11) is 3.79. The van der Waals surface area contributed by atoms with Gasteiger partial charge in [-0.1, -0.05) is 31.5 Å². The van der Waals surface area contributed by atoms with Crippen molar-refractivity contribution in [1.82, 2.24) is 19.6 Å². The van der Waals surface area contributed by atoms with Crippen molar-refractivity contribution in [2.75, 3.05) is 26.7 Å². The molecule has 0 saturated carbocycles. The summed E-state index contributed by atoms with van der Waals surface area (Å²) in [5.74, 6) is 1.11. The van der Waals surface area contributed by atoms with E-state index >= 15 is 0 Å². The number of carbonyl (C=O) groups is 1. The fourth-order valence-electron chi connectivity index (χ4n) is 3.60. The minimum atomic E-state index is 0.136. The Morgan fingerprint density at radius 3 is 2.93 bits per heavy atom. The largest absolute Gasteiger partial charge is 0.489 e. The van der Waals surface area contributed by atoms with Crippen LogP contribution >= 0.6 is 0 Å². The van der Waals surface area contributed by atoms with Crippen molar-refractivity contribution in [3.8, 4) is 5.75 Å². The van der Waals surface area contributed by atoms with Gasteiger partial charge in [0.25, 0.3) is 0 Å². The number of ether oxygens (including phenoxy) is 1. The second kappa shape index (κ2) is 9.73. The highest BCUT2D eigenvalue weighted by atomic mass is 16.5. The maximum Gasteiger partial charge on any atom is 0.236 e. The Labute approximate surface area is 168 Å². The number of benzene rings is 1. The molecular weight excluding hydrogens is 352 g/mol. The number of hydrogen-bond acceptors (Lipinski definition) is 4. The molecule has 1 atom stereocenters. The third-order valence-corrected chi connectivity index (χ3v) is 5.28. The van der Waals surface area contributed by atoms with E-state index in [2.05, 4.69) is 23.0 Å². The van der Waals surface area contributed by atoms with Gasteiger partial charge in [-0.05, 0) is 30.9 Å². The van der Waals surface area contributed by atoms with Crippen molar-refractivity contribution < 1.29 is 9.53 Å². The molecular formula is C22H32N4O2. The summed E-state index contributed by atoms with van der Waals surface area (Å²) >= 11 is 0. The topological polar surface area (TPSA) is 50.6 Å². The van der Waals surface area contributed by atoms with Crippen LogP contribution in [0.4, 0.5) is 0 Å². The molecule has 0 saturated heterocycles. The number of likely N-dealkylation sites (N-methyl/N-ethyl adjacent to an activating group) is 1. The van der Waals surface area contributed by atoms with Gasteiger partial charge in [-0.3, -0.25) is 14.4 Å². The maximum atomic E-state index is 12.8. The van der Waals surface area contributed by atoms with E-state index in [0.29, 0.717) is 13.1 Å². The summed E-state index contributed by atoms with van der Waals surface area (Å²) < 4.78 is 8.06. The van der Waals surface area contributed by atoms with E-state index in [9.17, 15) is 4.79 Å². The molecule has 1 aromatic carbocycles. The van der Waals surface area contributed by atoms with Gasteiger partial charge in [0.05, 0.1) is 12.7 Å². The Morgan fingerprint density at radius 2 is 2.18 bits per heavy atom. The number of aryl methyl sites for hydroxylation is 1. The number of aromatic nitrogens is 2. The van der Waals surface area contributed by atoms with Crippen molar-refractivity contribution in [2.45, 2.75) is 45.3 Å². The minimum absolute atomic E-state index is 0.136. The van der Waals surface area contributed by atoms with Crippen molar-refractivity contribution in [2.24, 2.45) is 7.05 Å². The van der Waals surface area contributed by atoms with Crippen LogP contribution in [0.25, 0.3) is 0 Å². The molecule has 2 aromatic rings. The monoisotopic (exact) mass is 384 g/mol. The lowest BCUT2D eigenvalue weighted by Crippen LogP contribution is -2.41. The molecule has 6 heteroatoms. The first-order valence-corrected chi connectivity index (χ1v) is 10.2. The van der Waals surface area contributed by atoms with Gasteiger partial charge in [0.15, 0.2) is 0 Å². The average molecular weight is 385 g/mol. The minimum Gasteiger partial charge on any atom is -0.489 e. The molecule has 6 nitrogen and oxygen atoms in total. The molecule has 1 aliphatic rings. The molecule has 1 aromatic heterocycles. The first-order valence-electron chi connectivity index (χ1n) is 10.2. The third-order valence-electron chi connectivity index (χ3n) is 5.28. The van der Waals surface area contributed by atoms with Crippen LogP contribution in [0.1, 0.15) is 37.3 Å². The highest BCUT2D eigenvalue weighted by Gasteiger charge is 2.24. The summed E-state index contributed by atoms with van der Waals surface area (Å²) in [6.45, 7) is 4.86. The van der Waals surface area contributed by atoms with Crippen LogP contribution in [-0.4, -0.2) is 58.3 Å². The molecule has 0 fully saturated rings. The normalized spacial score (nSPS) is 16.9. The van der Waals surface area contributed by atoms with E-state index in [1.807, 2.05) is 49.6 Å². The Morgan fingerprint density at radius 1 is 1.36 bits per heavy atom. The van der Waals surface area contributed by atoms with Gasteiger partial charge in [-0.15, -0.1) is 0 Å². The molecule has 0 N–H and O–H groups in total. The molecule has 0 unspecified atom stereocenters. The van der Waals surface area contributed by atoms with Crippen molar-refractivity contribution >= 4 is 5.91 Å². The Bertz CT molecular complexity index is 773. The molecule has 0 radical (unpaired) electrons. The Hall–Kier alpha value is -2.34. The first kappa shape index (κ1) is 20.4. The molecule has 28 heavy (non-hydrogen) atoms. The maximum absolute atomic E-state index is 12.8. The summed E-state index contributed by atoms with van der Waals surface area (Å²) in [5, 5.41) is 4.19. The Balaban J connectivity index is 1.59. The lowest BCUT2D eigenvalue weighted by Gasteiger charge is -2.26. The average Bonchev–Trinajstić information content (AvgIpc) is 3.01. The molecule has 1 amide bonds. The van der Waals surface area contributed by atoms with Crippen LogP contribution < -0.4 is 4.74 Å². The van der Waals surface area contributed by atoms with E-state index in [-0.39, 0.29) is 12.0 Å². The zero-order valence-corrected chi connectivity index (χ0v) is 17.3. The van der Waals surface area contributed by atoms with E-state index in [4.69, 9.17) is 4.74 Å². The highest BCUT2D eigenvalue weighted by Crippen LogP contribution is 2.26. The standard InChI is InChI=1S/C22H32N4O2/c1-4-5-9-20-16-26(15-19-8-6-7-10-21(19)28-20)17-22(27)24(2)12-11-18-13-23-25(3)14-18/h6-8,10,13-14,20H,4-5,9,11-12,15-17H2,1-3H3/t20-/m1/s1. The number of carbonyl (C=O) groups excluding carboxylic acids is 1. The zero-order valence-electron chi connectivity index (χ0n) is 17.3. The van der Waals surface area contributed by atoms with Gasteiger partial charge in [0.1, 0.15) is 11.9 Å². The van der Waals surface area contributed by atoms with Crippen LogP contribution in [0, 0.1) is 0 Å². The molecule has 3 rings (SSSR count). The fourth-order valence-corrected chi connectivity index (χ4v) is 3.60. The lowest BCUT2D eigenvalue weighted by atomic mass is 10.1. The van der Waals surface area contributed by atoms with Gasteiger partial charge >= 0.3 is 0 Å². The second-order valence-corrected chi connectivity index (χ2v) is 7.75. The molecule has 152 valence electrons. The van der Waals surface area contributed by atoms with Crippen LogP contribution in [-0.2, 0) is 24.8 Å². The number of rotatable bonds is 8. The van der Waals surface area contributed by atoms with E-state index in [1.165, 1.54) is 0 Å². The van der Waals surface area contributed by atoms with Crippen LogP contribution in [0.5, 0.6) is 5.75 Å². The lowest BCUT2D eigenvalue weighted by molar-refractivity contribution is -0.131. The molecule has 1 aliphatic heterocycles. The fraction of sp³-hybridized carbons (Fsp3) is 0.545. The van der Waals surface area contributed by atoms with Crippen molar-refractivity contribution in [3.63, 3.8) is 0 Å². The predicted octanol–water partition coefficient (Wildman–Crippen LogP) is 2.87. The van der Waals surface area contributed by atoms with Gasteiger partial charge in [-0.2, -0.15) is 5.10 Å². The Kier molecular flexibility index (Phi) is 7.09. The smallest absolute Gasteiger partial charge is 0.236 e. The van der Waals surface area contributed by atoms with Crippen LogP contribution in [0.2, 0.25) is 0 Å². The first-order chi connectivity index (χ1) is 13.5. The van der Waals surface area contributed by atoms with E-state index in [0.717, 1.165) is 55.6 Å². The number of fused-ring (bicyclic) bond motifs is 1. The van der Waals surface area contributed by atoms with Crippen LogP contribution in [0.3, 0.4) is 0 Å². The molecule has 2 heterocycles. The van der Waals surface area contributed by atoms with Gasteiger partial charge in [0.2, 0.25) is 5.91 Å². The SMILES string of the molecule is CCCC[C@@H]1CN(CC(=O)N(C)CCc2cnn(C)c2)Cc2ccccc2O1. The van der Waals surface area contributed by atoms with E-state index < -0.39 is 0 Å². The number of amides is 1. The molecule has 0 aliphatic carbocycles. The number of nitrogens with zero attached hydrogens (tertiary/aromatic N) is 4. The number of unbranched alkanes of at least 4 members (excludes halogenated alkanes) is 1. The zero-order chi connectivity index (χ0) is 19.9. The summed E-state index contributed by atoms with van der Waals surface area (Å²) in [6, 6.07) is 8.19. The summed E-state index contributed by atoms with van der Waals surface area (Å²) in [6.07, 6.45) is 8.13. The predicted molar refractivity (Wildman–Crippen MR) is 110 cm³/mol. The van der Waals surface area contributed by atoms with Gasteiger partial charge in [-0.25, -0.2) is 0 Å². The van der Waals surface area contributed by atoms with Crippen molar-refractivity contribution in [3.05, 3.63) is 47.8 Å². The van der Waals surface area contributed by atoms with Crippen LogP contribution in [0.15, 0.2) is 36.7 Å². The van der Waals surface area contributed by atoms with Gasteiger partial charge < -0.3 is 9.64 Å². The highest BCUT2D eigenvalue weighted by molar-refractivity contribution is 5.78. The second-order valence-electron chi connectivity index (χ2n) is 7.75. The molecule has 0 spiro atoms. The molecule has 0 bridgehead atoms. The summed E-state index contributed by atoms with van der Waals surface area (Å²) in [4.78, 5) is 16.9. The number of para-hydroxylation sites is 1. The quantitative estimate of drug-likeness (QED) is 0.702. The summed E-state index contributed by atoms with van der Waals surface area (Å²) in [5.41, 5.74) is 2.31. The third kappa shape index (κ3) is 5.58. The number of hydrogen-bond donors (Lipinski definition) is 0.